The van der Waals surface area contributed by atoms with Crippen molar-refractivity contribution < 1.29 is 0 Å². The number of nitrogens with two attached hydrogens (primary N) is 1. The van der Waals surface area contributed by atoms with E-state index in [0.717, 1.165) is 5.69 Å². The number of hydrogen-bond donors (Lipinski definition) is 2. The van der Waals surface area contributed by atoms with Crippen LogP contribution in [-0.2, 0) is 5.41 Å². The third-order valence-electron chi connectivity index (χ3n) is 7.31. The second-order valence-corrected chi connectivity index (χ2v) is 10.0. The first-order valence-corrected chi connectivity index (χ1v) is 12.3. The summed E-state index contributed by atoms with van der Waals surface area (Å²) in [6, 6.07) is 13.5. The van der Waals surface area contributed by atoms with E-state index in [-0.39, 0.29) is 27.2 Å². The van der Waals surface area contributed by atoms with Crippen LogP contribution in [0.5, 0.6) is 0 Å². The Balaban J connectivity index is 1.30. The van der Waals surface area contributed by atoms with Crippen LogP contribution in [0.15, 0.2) is 53.5 Å². The average Bonchev–Trinajstić information content (AvgIpc) is 2.87. The number of hydrogen-bond acceptors (Lipinski definition) is 7. The lowest BCUT2D eigenvalue weighted by atomic mass is 9.67. The van der Waals surface area contributed by atoms with Crippen LogP contribution in [0.25, 0.3) is 16.7 Å². The highest BCUT2D eigenvalue weighted by atomic mass is 35.5. The van der Waals surface area contributed by atoms with Crippen LogP contribution in [0.3, 0.4) is 0 Å². The van der Waals surface area contributed by atoms with Crippen LogP contribution < -0.4 is 16.7 Å². The van der Waals surface area contributed by atoms with Crippen molar-refractivity contribution in [1.82, 2.24) is 24.4 Å². The molecule has 8 nitrogen and oxygen atoms in total. The first kappa shape index (κ1) is 22.3. The maximum absolute atomic E-state index is 12.8. The van der Waals surface area contributed by atoms with Gasteiger partial charge in [0.25, 0.3) is 0 Å². The predicted octanol–water partition coefficient (Wildman–Crippen LogP) is 4.55. The molecule has 3 N–H and O–H groups in total. The topological polar surface area (TPSA) is 102 Å². The number of halogens is 2. The molecule has 0 amide bonds. The van der Waals surface area contributed by atoms with E-state index in [9.17, 15) is 4.79 Å². The molecule has 0 unspecified atom stereocenters. The predicted molar refractivity (Wildman–Crippen MR) is 139 cm³/mol. The van der Waals surface area contributed by atoms with Gasteiger partial charge in [-0.15, -0.1) is 0 Å². The highest BCUT2D eigenvalue weighted by molar-refractivity contribution is 6.37. The molecule has 2 aromatic carbocycles. The van der Waals surface area contributed by atoms with Crippen molar-refractivity contribution in [2.75, 3.05) is 30.7 Å². The molecule has 10 heteroatoms. The number of benzene rings is 2. The van der Waals surface area contributed by atoms with Crippen LogP contribution in [0, 0.1) is 0 Å². The summed E-state index contributed by atoms with van der Waals surface area (Å²) in [5.74, 6) is 0.443. The Morgan fingerprint density at radius 2 is 1.60 bits per heavy atom. The number of rotatable bonds is 4. The molecule has 7 rings (SSSR count). The van der Waals surface area contributed by atoms with Gasteiger partial charge in [0, 0.05) is 11.9 Å². The molecule has 2 aromatic heterocycles. The first-order chi connectivity index (χ1) is 16.9. The molecule has 4 aromatic rings. The van der Waals surface area contributed by atoms with Gasteiger partial charge in [-0.05, 0) is 74.1 Å². The lowest BCUT2D eigenvalue weighted by Gasteiger charge is -2.48. The van der Waals surface area contributed by atoms with Gasteiger partial charge in [0.15, 0.2) is 5.65 Å². The van der Waals surface area contributed by atoms with Gasteiger partial charge in [-0.3, -0.25) is 0 Å². The summed E-state index contributed by atoms with van der Waals surface area (Å²) in [4.78, 5) is 28.3. The third-order valence-corrected chi connectivity index (χ3v) is 7.92. The van der Waals surface area contributed by atoms with Crippen molar-refractivity contribution >= 4 is 51.7 Å². The molecule has 3 aliphatic rings. The summed E-state index contributed by atoms with van der Waals surface area (Å²) >= 11 is 12.6. The maximum Gasteiger partial charge on any atom is 0.355 e. The molecule has 0 radical (unpaired) electrons. The van der Waals surface area contributed by atoms with Crippen molar-refractivity contribution in [1.29, 1.82) is 0 Å². The van der Waals surface area contributed by atoms with Crippen LogP contribution in [0.2, 0.25) is 10.0 Å². The van der Waals surface area contributed by atoms with Gasteiger partial charge >= 0.3 is 5.69 Å². The summed E-state index contributed by atoms with van der Waals surface area (Å²) in [7, 11) is 0. The van der Waals surface area contributed by atoms with E-state index in [1.165, 1.54) is 55.2 Å². The van der Waals surface area contributed by atoms with Crippen LogP contribution in [-0.4, -0.2) is 44.1 Å². The van der Waals surface area contributed by atoms with Crippen LogP contribution in [0.1, 0.15) is 24.8 Å². The monoisotopic (exact) mass is 507 g/mol. The van der Waals surface area contributed by atoms with E-state index >= 15 is 0 Å². The number of aromatic nitrogens is 4. The van der Waals surface area contributed by atoms with E-state index in [1.807, 2.05) is 0 Å². The van der Waals surface area contributed by atoms with Gasteiger partial charge in [-0.25, -0.2) is 14.3 Å². The third kappa shape index (κ3) is 3.82. The average molecular weight is 508 g/mol. The van der Waals surface area contributed by atoms with E-state index in [4.69, 9.17) is 28.9 Å². The molecular formula is C25H23Cl2N7O. The molecule has 0 aliphatic carbocycles. The molecule has 0 spiro atoms. The number of nitrogen functional groups attached to an aromatic ring is 1. The quantitative estimate of drug-likeness (QED) is 0.417. The fraction of sp³-hybridized carbons (Fsp3) is 0.280. The number of anilines is 3. The Kier molecular flexibility index (Phi) is 5.40. The van der Waals surface area contributed by atoms with Gasteiger partial charge in [-0.1, -0.05) is 41.4 Å². The first-order valence-electron chi connectivity index (χ1n) is 11.5. The van der Waals surface area contributed by atoms with Gasteiger partial charge in [0.05, 0.1) is 21.1 Å². The summed E-state index contributed by atoms with van der Waals surface area (Å²) < 4.78 is 1.18. The molecule has 3 fully saturated rings. The highest BCUT2D eigenvalue weighted by Gasteiger charge is 2.40. The summed E-state index contributed by atoms with van der Waals surface area (Å²) in [6.07, 6.45) is 5.20. The van der Waals surface area contributed by atoms with E-state index in [0.29, 0.717) is 16.7 Å². The second kappa shape index (κ2) is 8.48. The van der Waals surface area contributed by atoms with Crippen molar-refractivity contribution in [2.24, 2.45) is 0 Å². The standard InChI is InChI=1S/C25H23Cl2N7O/c26-18-2-1-3-19(27)20(18)34-21(28)17-14-29-23(31-22(17)32-24(34)35)30-16-6-4-15(5-7-16)25-8-11-33(12-9-25)13-10-25/h1-7,14H,8-13,28H2,(H,30,31,32,35). The van der Waals surface area contributed by atoms with Gasteiger partial charge in [0.2, 0.25) is 5.95 Å². The molecule has 5 heterocycles. The Bertz CT molecular complexity index is 1460. The van der Waals surface area contributed by atoms with Gasteiger partial charge in [-0.2, -0.15) is 9.97 Å². The molecule has 35 heavy (non-hydrogen) atoms. The molecular weight excluding hydrogens is 485 g/mol. The van der Waals surface area contributed by atoms with Crippen molar-refractivity contribution in [3.05, 3.63) is 74.8 Å². The summed E-state index contributed by atoms with van der Waals surface area (Å²) in [5, 5.41) is 4.20. The Morgan fingerprint density at radius 3 is 2.26 bits per heavy atom. The normalized spacial score (nSPS) is 21.4. The summed E-state index contributed by atoms with van der Waals surface area (Å²) in [6.45, 7) is 3.56. The van der Waals surface area contributed by atoms with Gasteiger partial charge in [0.1, 0.15) is 5.82 Å². The van der Waals surface area contributed by atoms with E-state index in [1.54, 1.807) is 18.2 Å². The Labute approximate surface area is 211 Å². The molecule has 3 saturated heterocycles. The fourth-order valence-electron chi connectivity index (χ4n) is 5.28. The van der Waals surface area contributed by atoms with E-state index < -0.39 is 5.69 Å². The lowest BCUT2D eigenvalue weighted by molar-refractivity contribution is 0.0818. The lowest BCUT2D eigenvalue weighted by Crippen LogP contribution is -2.50. The van der Waals surface area contributed by atoms with E-state index in [2.05, 4.69) is 49.4 Å². The second-order valence-electron chi connectivity index (χ2n) is 9.19. The molecule has 178 valence electrons. The number of para-hydroxylation sites is 1. The zero-order valence-corrected chi connectivity index (χ0v) is 20.4. The minimum atomic E-state index is -0.628. The number of nitrogens with one attached hydrogen (secondary N) is 1. The number of piperidine rings is 3. The highest BCUT2D eigenvalue weighted by Crippen LogP contribution is 2.43. The smallest absolute Gasteiger partial charge is 0.355 e. The largest absolute Gasteiger partial charge is 0.384 e. The zero-order chi connectivity index (χ0) is 24.2. The van der Waals surface area contributed by atoms with Crippen molar-refractivity contribution in [3.63, 3.8) is 0 Å². The fourth-order valence-corrected chi connectivity index (χ4v) is 5.84. The molecule has 3 aliphatic heterocycles. The minimum Gasteiger partial charge on any atom is -0.384 e. The van der Waals surface area contributed by atoms with Gasteiger partial charge < -0.3 is 16.0 Å². The minimum absolute atomic E-state index is 0.115. The molecule has 2 bridgehead atoms. The van der Waals surface area contributed by atoms with Crippen molar-refractivity contribution in [3.8, 4) is 5.69 Å². The summed E-state index contributed by atoms with van der Waals surface area (Å²) in [5.41, 5.74) is 8.71. The van der Waals surface area contributed by atoms with Crippen molar-refractivity contribution in [2.45, 2.75) is 24.7 Å². The number of fused-ring (bicyclic) bond motifs is 4. The molecule has 0 atom stereocenters. The number of nitrogens with zero attached hydrogens (tertiary/aromatic N) is 5. The SMILES string of the molecule is Nc1c2cnc(Nc3ccc(C45CCN(CC4)CC5)cc3)nc2nc(=O)n1-c1c(Cl)cccc1Cl. The Morgan fingerprint density at radius 1 is 0.943 bits per heavy atom. The maximum atomic E-state index is 12.8. The van der Waals surface area contributed by atoms with Crippen LogP contribution in [0.4, 0.5) is 17.5 Å². The zero-order valence-electron chi connectivity index (χ0n) is 18.8. The molecule has 0 saturated carbocycles. The van der Waals surface area contributed by atoms with Crippen LogP contribution >= 0.6 is 23.2 Å². The Hall–Kier alpha value is -3.20.